The summed E-state index contributed by atoms with van der Waals surface area (Å²) in [6.45, 7) is 7.85. The molecule has 1 fully saturated rings. The number of methoxy groups -OCH3 is 1. The minimum absolute atomic E-state index is 0. The first-order valence-corrected chi connectivity index (χ1v) is 12.2. The van der Waals surface area contributed by atoms with E-state index in [1.54, 1.807) is 6.07 Å². The van der Waals surface area contributed by atoms with E-state index in [1.807, 2.05) is 13.0 Å². The van der Waals surface area contributed by atoms with Crippen LogP contribution in [0.25, 0.3) is 0 Å². The highest BCUT2D eigenvalue weighted by Gasteiger charge is 2.20. The molecule has 1 aromatic rings. The summed E-state index contributed by atoms with van der Waals surface area (Å²) in [5.41, 5.74) is 0.925. The highest BCUT2D eigenvalue weighted by Crippen LogP contribution is 2.19. The van der Waals surface area contributed by atoms with Crippen molar-refractivity contribution in [1.82, 2.24) is 15.1 Å². The molecule has 1 saturated heterocycles. The Morgan fingerprint density at radius 2 is 1.94 bits per heavy atom. The van der Waals surface area contributed by atoms with Crippen LogP contribution in [0.3, 0.4) is 0 Å². The second-order valence-electron chi connectivity index (χ2n) is 7.21. The Labute approximate surface area is 202 Å². The summed E-state index contributed by atoms with van der Waals surface area (Å²) in [6.07, 6.45) is 1.20. The summed E-state index contributed by atoms with van der Waals surface area (Å²) >= 11 is 0. The largest absolute Gasteiger partial charge is 0.494 e. The Morgan fingerprint density at radius 1 is 1.23 bits per heavy atom. The predicted molar refractivity (Wildman–Crippen MR) is 132 cm³/mol. The maximum Gasteiger partial charge on any atom is 0.194 e. The standard InChI is InChI=1S/C20H33FN4O4S.HI/c1-4-22-20(23-7-12-29-13-14-30(3,26)27)25-10-8-24(9-11-25)16-17-5-6-19(28-2)18(21)15-17;/h5-6,15H,4,7-14,16H2,1-3H3,(H,22,23);1H. The third kappa shape index (κ3) is 10.3. The van der Waals surface area contributed by atoms with Gasteiger partial charge in [-0.2, -0.15) is 0 Å². The Hall–Kier alpha value is -1.18. The molecule has 0 bridgehead atoms. The first-order chi connectivity index (χ1) is 14.3. The van der Waals surface area contributed by atoms with Crippen molar-refractivity contribution in [3.05, 3.63) is 29.6 Å². The van der Waals surface area contributed by atoms with E-state index in [1.165, 1.54) is 19.4 Å². The normalized spacial score (nSPS) is 15.5. The molecule has 0 saturated carbocycles. The molecular weight excluding hydrogens is 538 g/mol. The van der Waals surface area contributed by atoms with E-state index in [0.717, 1.165) is 44.2 Å². The molecule has 11 heteroatoms. The number of hydrogen-bond acceptors (Lipinski definition) is 6. The molecule has 0 aliphatic carbocycles. The number of sulfone groups is 1. The third-order valence-electron chi connectivity index (χ3n) is 4.72. The number of benzene rings is 1. The van der Waals surface area contributed by atoms with Crippen molar-refractivity contribution in [3.8, 4) is 5.75 Å². The van der Waals surface area contributed by atoms with Crippen molar-refractivity contribution in [2.24, 2.45) is 4.99 Å². The van der Waals surface area contributed by atoms with Gasteiger partial charge < -0.3 is 19.7 Å². The van der Waals surface area contributed by atoms with Gasteiger partial charge in [0.1, 0.15) is 9.84 Å². The molecule has 1 aromatic carbocycles. The number of piperazine rings is 1. The van der Waals surface area contributed by atoms with E-state index in [2.05, 4.69) is 20.1 Å². The Bertz CT molecular complexity index is 802. The fourth-order valence-electron chi connectivity index (χ4n) is 3.14. The van der Waals surface area contributed by atoms with Crippen molar-refractivity contribution in [3.63, 3.8) is 0 Å². The number of halogens is 2. The Morgan fingerprint density at radius 3 is 2.52 bits per heavy atom. The van der Waals surface area contributed by atoms with Gasteiger partial charge in [-0.25, -0.2) is 12.8 Å². The van der Waals surface area contributed by atoms with Gasteiger partial charge >= 0.3 is 0 Å². The molecule has 0 unspecified atom stereocenters. The number of nitrogens with one attached hydrogen (secondary N) is 1. The summed E-state index contributed by atoms with van der Waals surface area (Å²) in [4.78, 5) is 9.07. The molecule has 1 N–H and O–H groups in total. The summed E-state index contributed by atoms with van der Waals surface area (Å²) in [6, 6.07) is 5.08. The average Bonchev–Trinajstić information content (AvgIpc) is 2.70. The molecule has 0 atom stereocenters. The van der Waals surface area contributed by atoms with Crippen LogP contribution in [0.4, 0.5) is 4.39 Å². The van der Waals surface area contributed by atoms with Gasteiger partial charge in [0, 0.05) is 45.5 Å². The molecule has 0 aromatic heterocycles. The molecule has 2 rings (SSSR count). The van der Waals surface area contributed by atoms with Crippen molar-refractivity contribution < 1.29 is 22.3 Å². The lowest BCUT2D eigenvalue weighted by molar-refractivity contribution is 0.155. The fraction of sp³-hybridized carbons (Fsp3) is 0.650. The van der Waals surface area contributed by atoms with E-state index < -0.39 is 9.84 Å². The van der Waals surface area contributed by atoms with Crippen molar-refractivity contribution in [1.29, 1.82) is 0 Å². The lowest BCUT2D eigenvalue weighted by Gasteiger charge is -2.36. The van der Waals surface area contributed by atoms with Crippen LogP contribution in [0.15, 0.2) is 23.2 Å². The predicted octanol–water partition coefficient (Wildman–Crippen LogP) is 1.60. The van der Waals surface area contributed by atoms with Gasteiger partial charge in [0.2, 0.25) is 0 Å². The van der Waals surface area contributed by atoms with Crippen LogP contribution in [0.1, 0.15) is 12.5 Å². The quantitative estimate of drug-likeness (QED) is 0.198. The van der Waals surface area contributed by atoms with Gasteiger partial charge in [-0.1, -0.05) is 6.07 Å². The topological polar surface area (TPSA) is 83.5 Å². The number of ether oxygens (including phenoxy) is 2. The SMILES string of the molecule is CCNC(=NCCOCCS(C)(=O)=O)N1CCN(Cc2ccc(OC)c(F)c2)CC1.I. The highest BCUT2D eigenvalue weighted by atomic mass is 127. The monoisotopic (exact) mass is 572 g/mol. The van der Waals surface area contributed by atoms with Gasteiger partial charge in [0.15, 0.2) is 17.5 Å². The van der Waals surface area contributed by atoms with E-state index >= 15 is 0 Å². The lowest BCUT2D eigenvalue weighted by Crippen LogP contribution is -2.52. The second kappa shape index (κ2) is 14.1. The molecule has 1 aliphatic heterocycles. The molecule has 8 nitrogen and oxygen atoms in total. The third-order valence-corrected chi connectivity index (χ3v) is 5.63. The number of guanidine groups is 1. The first kappa shape index (κ1) is 27.9. The number of aliphatic imine (C=N–C) groups is 1. The molecule has 0 amide bonds. The van der Waals surface area contributed by atoms with E-state index in [-0.39, 0.29) is 47.9 Å². The first-order valence-electron chi connectivity index (χ1n) is 10.2. The van der Waals surface area contributed by atoms with Gasteiger partial charge in [-0.15, -0.1) is 24.0 Å². The van der Waals surface area contributed by atoms with Gasteiger partial charge in [-0.05, 0) is 24.6 Å². The Kier molecular flexibility index (Phi) is 12.6. The van der Waals surface area contributed by atoms with Crippen LogP contribution in [-0.4, -0.2) is 95.8 Å². The van der Waals surface area contributed by atoms with Gasteiger partial charge in [0.25, 0.3) is 0 Å². The summed E-state index contributed by atoms with van der Waals surface area (Å²) in [5, 5.41) is 3.29. The number of rotatable bonds is 10. The zero-order valence-corrected chi connectivity index (χ0v) is 21.6. The zero-order valence-electron chi connectivity index (χ0n) is 18.5. The lowest BCUT2D eigenvalue weighted by atomic mass is 10.2. The van der Waals surface area contributed by atoms with Crippen LogP contribution >= 0.6 is 24.0 Å². The summed E-state index contributed by atoms with van der Waals surface area (Å²) < 4.78 is 46.4. The highest BCUT2D eigenvalue weighted by molar-refractivity contribution is 14.0. The van der Waals surface area contributed by atoms with Crippen LogP contribution in [0.5, 0.6) is 5.75 Å². The van der Waals surface area contributed by atoms with Crippen molar-refractivity contribution >= 4 is 39.8 Å². The minimum Gasteiger partial charge on any atom is -0.494 e. The molecule has 178 valence electrons. The van der Waals surface area contributed by atoms with Crippen molar-refractivity contribution in [2.75, 3.05) is 71.6 Å². The van der Waals surface area contributed by atoms with Crippen LogP contribution < -0.4 is 10.1 Å². The zero-order chi connectivity index (χ0) is 22.0. The number of nitrogens with zero attached hydrogens (tertiary/aromatic N) is 3. The number of hydrogen-bond donors (Lipinski definition) is 1. The van der Waals surface area contributed by atoms with Crippen LogP contribution in [0.2, 0.25) is 0 Å². The maximum absolute atomic E-state index is 13.9. The molecular formula is C20H34FIN4O4S. The van der Waals surface area contributed by atoms with E-state index in [0.29, 0.717) is 19.7 Å². The van der Waals surface area contributed by atoms with E-state index in [4.69, 9.17) is 9.47 Å². The molecule has 1 aliphatic rings. The van der Waals surface area contributed by atoms with Crippen molar-refractivity contribution in [2.45, 2.75) is 13.5 Å². The Balaban J connectivity index is 0.00000480. The van der Waals surface area contributed by atoms with Crippen LogP contribution in [-0.2, 0) is 21.1 Å². The summed E-state index contributed by atoms with van der Waals surface area (Å²) in [5.74, 6) is 0.778. The average molecular weight is 572 g/mol. The maximum atomic E-state index is 13.9. The summed E-state index contributed by atoms with van der Waals surface area (Å²) in [7, 11) is -1.54. The fourth-order valence-corrected chi connectivity index (χ4v) is 3.56. The minimum atomic E-state index is -3.00. The van der Waals surface area contributed by atoms with E-state index in [9.17, 15) is 12.8 Å². The van der Waals surface area contributed by atoms with Gasteiger partial charge in [0.05, 0.1) is 32.6 Å². The second-order valence-corrected chi connectivity index (χ2v) is 9.47. The van der Waals surface area contributed by atoms with Crippen LogP contribution in [0, 0.1) is 5.82 Å². The molecule has 0 spiro atoms. The smallest absolute Gasteiger partial charge is 0.194 e. The molecule has 0 radical (unpaired) electrons. The molecule has 1 heterocycles. The molecule has 31 heavy (non-hydrogen) atoms. The van der Waals surface area contributed by atoms with Gasteiger partial charge in [-0.3, -0.25) is 9.89 Å².